The number of halogens is 1. The Labute approximate surface area is 106 Å². The number of hydrogen-bond acceptors (Lipinski definition) is 2. The van der Waals surface area contributed by atoms with E-state index in [4.69, 9.17) is 1.37 Å². The zero-order valence-electron chi connectivity index (χ0n) is 11.4. The van der Waals surface area contributed by atoms with E-state index in [1.54, 1.807) is 26.0 Å². The number of rotatable bonds is 1. The van der Waals surface area contributed by atoms with E-state index in [1.807, 2.05) is 0 Å². The fourth-order valence-corrected chi connectivity index (χ4v) is 2.14. The molecule has 5 heteroatoms. The van der Waals surface area contributed by atoms with E-state index in [2.05, 4.69) is 4.98 Å². The van der Waals surface area contributed by atoms with Crippen LogP contribution in [0.3, 0.4) is 0 Å². The molecular weight excluding hydrogens is 235 g/mol. The molecule has 2 rings (SSSR count). The van der Waals surface area contributed by atoms with Crippen molar-refractivity contribution in [2.75, 3.05) is 0 Å². The van der Waals surface area contributed by atoms with Gasteiger partial charge in [0.25, 0.3) is 5.56 Å². The molecule has 0 radical (unpaired) electrons. The largest absolute Gasteiger partial charge is 0.328 e. The van der Waals surface area contributed by atoms with Gasteiger partial charge in [-0.1, -0.05) is 26.0 Å². The number of H-pyrrole nitrogens is 1. The lowest BCUT2D eigenvalue weighted by Gasteiger charge is -2.32. The molecule has 4 nitrogen and oxygen atoms in total. The molecule has 18 heavy (non-hydrogen) atoms. The summed E-state index contributed by atoms with van der Waals surface area (Å²) in [7, 11) is 0. The van der Waals surface area contributed by atoms with Gasteiger partial charge in [-0.15, -0.1) is 0 Å². The summed E-state index contributed by atoms with van der Waals surface area (Å²) in [6, 6.07) is -0.721. The van der Waals surface area contributed by atoms with Crippen LogP contribution in [0.2, 0.25) is 0 Å². The SMILES string of the molecule is [2H]C[C@H]1C=C[C@@H](n2cc(C)c(=O)[nH]c2=O)[C@H](F)[C@@H]1C. The van der Waals surface area contributed by atoms with E-state index < -0.39 is 23.5 Å². The average molecular weight is 253 g/mol. The summed E-state index contributed by atoms with van der Waals surface area (Å²) in [5.41, 5.74) is -0.687. The van der Waals surface area contributed by atoms with Gasteiger partial charge in [0.1, 0.15) is 6.17 Å². The number of hydrogen-bond donors (Lipinski definition) is 1. The molecule has 1 aromatic rings. The molecule has 0 aliphatic heterocycles. The van der Waals surface area contributed by atoms with Crippen molar-refractivity contribution in [3.05, 3.63) is 44.8 Å². The normalized spacial score (nSPS) is 32.3. The van der Waals surface area contributed by atoms with Crippen molar-refractivity contribution >= 4 is 0 Å². The van der Waals surface area contributed by atoms with Crippen LogP contribution in [0.1, 0.15) is 26.8 Å². The Morgan fingerprint density at radius 1 is 1.44 bits per heavy atom. The van der Waals surface area contributed by atoms with Crippen LogP contribution in [0.5, 0.6) is 0 Å². The maximum atomic E-state index is 14.4. The second-order valence-electron chi connectivity index (χ2n) is 4.82. The molecule has 4 atom stereocenters. The van der Waals surface area contributed by atoms with Crippen LogP contribution in [0.25, 0.3) is 0 Å². The predicted molar refractivity (Wildman–Crippen MR) is 67.5 cm³/mol. The Morgan fingerprint density at radius 2 is 2.17 bits per heavy atom. The minimum atomic E-state index is -1.25. The summed E-state index contributed by atoms with van der Waals surface area (Å²) in [6.45, 7) is 3.44. The third-order valence-corrected chi connectivity index (χ3v) is 3.53. The number of nitrogens with one attached hydrogen (secondary N) is 1. The Morgan fingerprint density at radius 3 is 2.83 bits per heavy atom. The Hall–Kier alpha value is -1.65. The van der Waals surface area contributed by atoms with Gasteiger partial charge in [-0.05, 0) is 18.8 Å². The van der Waals surface area contributed by atoms with E-state index >= 15 is 0 Å². The molecule has 0 fully saturated rings. The lowest BCUT2D eigenvalue weighted by Crippen LogP contribution is -2.39. The Kier molecular flexibility index (Phi) is 2.89. The van der Waals surface area contributed by atoms with Gasteiger partial charge in [-0.2, -0.15) is 0 Å². The van der Waals surface area contributed by atoms with Crippen molar-refractivity contribution in [2.45, 2.75) is 33.0 Å². The lowest BCUT2D eigenvalue weighted by molar-refractivity contribution is 0.147. The average Bonchev–Trinajstić information content (AvgIpc) is 2.37. The number of nitrogens with zero attached hydrogens (tertiary/aromatic N) is 1. The fraction of sp³-hybridized carbons (Fsp3) is 0.538. The molecular formula is C13H17FN2O2. The predicted octanol–water partition coefficient (Wildman–Crippen LogP) is 1.57. The van der Waals surface area contributed by atoms with Crippen molar-refractivity contribution in [1.82, 2.24) is 9.55 Å². The highest BCUT2D eigenvalue weighted by Gasteiger charge is 2.33. The molecule has 0 spiro atoms. The van der Waals surface area contributed by atoms with Crippen molar-refractivity contribution in [3.63, 3.8) is 0 Å². The molecule has 1 heterocycles. The van der Waals surface area contributed by atoms with E-state index in [0.29, 0.717) is 5.56 Å². The van der Waals surface area contributed by atoms with Crippen LogP contribution in [-0.2, 0) is 0 Å². The standard InChI is InChI=1S/C13H17FN2O2/c1-7-4-5-10(11(14)9(7)3)16-6-8(2)12(17)15-13(16)18/h4-7,9-11H,1-3H3,(H,15,17,18)/t7-,9+,10+,11+/m0/s1/i1D. The van der Waals surface area contributed by atoms with Crippen LogP contribution >= 0.6 is 0 Å². The lowest BCUT2D eigenvalue weighted by atomic mass is 9.82. The van der Waals surface area contributed by atoms with Crippen molar-refractivity contribution < 1.29 is 5.76 Å². The van der Waals surface area contributed by atoms with Gasteiger partial charge in [-0.25, -0.2) is 9.18 Å². The smallest absolute Gasteiger partial charge is 0.290 e. The second kappa shape index (κ2) is 4.55. The molecule has 1 aliphatic rings. The summed E-state index contributed by atoms with van der Waals surface area (Å²) < 4.78 is 23.0. The molecule has 98 valence electrons. The molecule has 0 bridgehead atoms. The monoisotopic (exact) mass is 253 g/mol. The number of aromatic amines is 1. The van der Waals surface area contributed by atoms with E-state index in [1.165, 1.54) is 10.8 Å². The van der Waals surface area contributed by atoms with Crippen LogP contribution in [0.15, 0.2) is 27.9 Å². The van der Waals surface area contributed by atoms with Crippen molar-refractivity contribution in [1.29, 1.82) is 0 Å². The summed E-state index contributed by atoms with van der Waals surface area (Å²) in [4.78, 5) is 25.3. The van der Waals surface area contributed by atoms with Crippen LogP contribution in [0.4, 0.5) is 4.39 Å². The fourth-order valence-electron chi connectivity index (χ4n) is 2.14. The summed E-state index contributed by atoms with van der Waals surface area (Å²) in [5, 5.41) is 0. The maximum absolute atomic E-state index is 14.4. The summed E-state index contributed by atoms with van der Waals surface area (Å²) in [6.07, 6.45) is 3.54. The zero-order valence-corrected chi connectivity index (χ0v) is 10.4. The molecule has 0 unspecified atom stereocenters. The maximum Gasteiger partial charge on any atom is 0.328 e. The van der Waals surface area contributed by atoms with Gasteiger partial charge in [-0.3, -0.25) is 14.3 Å². The molecule has 1 aromatic heterocycles. The van der Waals surface area contributed by atoms with E-state index in [0.717, 1.165) is 0 Å². The first-order chi connectivity index (χ1) is 8.95. The first-order valence-corrected chi connectivity index (χ1v) is 5.89. The van der Waals surface area contributed by atoms with Crippen LogP contribution in [-0.4, -0.2) is 15.7 Å². The van der Waals surface area contributed by atoms with E-state index in [9.17, 15) is 14.0 Å². The highest BCUT2D eigenvalue weighted by atomic mass is 19.1. The molecule has 0 aromatic carbocycles. The Bertz CT molecular complexity index is 607. The number of aryl methyl sites for hydroxylation is 1. The zero-order chi connectivity index (χ0) is 14.2. The highest BCUT2D eigenvalue weighted by Crippen LogP contribution is 2.32. The third kappa shape index (κ3) is 2.05. The van der Waals surface area contributed by atoms with Gasteiger partial charge < -0.3 is 0 Å². The van der Waals surface area contributed by atoms with Crippen LogP contribution < -0.4 is 11.2 Å². The molecule has 1 N–H and O–H groups in total. The van der Waals surface area contributed by atoms with E-state index in [-0.39, 0.29) is 18.7 Å². The first-order valence-electron chi connectivity index (χ1n) is 6.60. The minimum absolute atomic E-state index is 0.129. The minimum Gasteiger partial charge on any atom is -0.290 e. The summed E-state index contributed by atoms with van der Waals surface area (Å²) >= 11 is 0. The molecule has 1 aliphatic carbocycles. The van der Waals surface area contributed by atoms with Crippen molar-refractivity contribution in [2.24, 2.45) is 11.8 Å². The van der Waals surface area contributed by atoms with Gasteiger partial charge in [0, 0.05) is 13.1 Å². The second-order valence-corrected chi connectivity index (χ2v) is 4.82. The van der Waals surface area contributed by atoms with Gasteiger partial charge in [0.15, 0.2) is 0 Å². The first kappa shape index (κ1) is 11.4. The van der Waals surface area contributed by atoms with Crippen molar-refractivity contribution in [3.8, 4) is 0 Å². The number of allylic oxidation sites excluding steroid dienone is 2. The quantitative estimate of drug-likeness (QED) is 0.772. The molecule has 0 saturated heterocycles. The van der Waals surface area contributed by atoms with Crippen LogP contribution in [0, 0.1) is 18.8 Å². The van der Waals surface area contributed by atoms with Gasteiger partial charge >= 0.3 is 5.69 Å². The highest BCUT2D eigenvalue weighted by molar-refractivity contribution is 5.10. The Balaban J connectivity index is 2.46. The molecule has 0 amide bonds. The van der Waals surface area contributed by atoms with Gasteiger partial charge in [0.2, 0.25) is 0 Å². The third-order valence-electron chi connectivity index (χ3n) is 3.53. The number of aromatic nitrogens is 2. The topological polar surface area (TPSA) is 54.9 Å². The summed E-state index contributed by atoms with van der Waals surface area (Å²) in [5.74, 6) is -0.461. The molecule has 0 saturated carbocycles. The van der Waals surface area contributed by atoms with Gasteiger partial charge in [0.05, 0.1) is 6.04 Å². The number of alkyl halides is 1.